The lowest BCUT2D eigenvalue weighted by Gasteiger charge is -2.26. The highest BCUT2D eigenvalue weighted by atomic mass is 16.5. The van der Waals surface area contributed by atoms with E-state index >= 15 is 0 Å². The van der Waals surface area contributed by atoms with Crippen molar-refractivity contribution in [3.63, 3.8) is 0 Å². The number of rotatable bonds is 3. The molecule has 1 heterocycles. The molecule has 6 heteroatoms. The zero-order chi connectivity index (χ0) is 17.1. The highest BCUT2D eigenvalue weighted by molar-refractivity contribution is 6.19. The molecule has 0 bridgehead atoms. The summed E-state index contributed by atoms with van der Waals surface area (Å²) < 4.78 is 5.04. The number of hydrogen-bond donors (Lipinski definition) is 1. The second kappa shape index (κ2) is 6.36. The van der Waals surface area contributed by atoms with E-state index < -0.39 is 11.8 Å². The van der Waals surface area contributed by atoms with Crippen LogP contribution in [0.5, 0.6) is 11.5 Å². The second-order valence-corrected chi connectivity index (χ2v) is 4.96. The SMILES string of the molecule is CCN1C(=O)C(=Cc2ccc(O)c(OC)c2)C(C)=C(C#N)C1=O. The molecule has 0 spiro atoms. The number of phenols is 1. The largest absolute Gasteiger partial charge is 0.504 e. The summed E-state index contributed by atoms with van der Waals surface area (Å²) in [7, 11) is 1.42. The zero-order valence-electron chi connectivity index (χ0n) is 13.1. The maximum absolute atomic E-state index is 12.5. The molecule has 0 atom stereocenters. The normalized spacial score (nSPS) is 16.8. The van der Waals surface area contributed by atoms with Crippen molar-refractivity contribution < 1.29 is 19.4 Å². The van der Waals surface area contributed by atoms with E-state index in [2.05, 4.69) is 0 Å². The van der Waals surface area contributed by atoms with Gasteiger partial charge < -0.3 is 9.84 Å². The van der Waals surface area contributed by atoms with E-state index in [1.807, 2.05) is 6.07 Å². The number of phenolic OH excluding ortho intramolecular Hbond substituents is 1. The Hall–Kier alpha value is -3.07. The van der Waals surface area contributed by atoms with Crippen LogP contribution < -0.4 is 4.74 Å². The lowest BCUT2D eigenvalue weighted by atomic mass is 9.93. The van der Waals surface area contributed by atoms with Crippen LogP contribution in [0.15, 0.2) is 34.9 Å². The van der Waals surface area contributed by atoms with Gasteiger partial charge in [-0.25, -0.2) is 0 Å². The van der Waals surface area contributed by atoms with Crippen LogP contribution in [-0.2, 0) is 9.59 Å². The molecule has 0 saturated carbocycles. The smallest absolute Gasteiger partial charge is 0.271 e. The van der Waals surface area contributed by atoms with Crippen molar-refractivity contribution >= 4 is 17.9 Å². The quantitative estimate of drug-likeness (QED) is 0.681. The third-order valence-corrected chi connectivity index (χ3v) is 3.66. The van der Waals surface area contributed by atoms with Crippen LogP contribution in [0.1, 0.15) is 19.4 Å². The van der Waals surface area contributed by atoms with E-state index in [1.54, 1.807) is 32.1 Å². The molecule has 23 heavy (non-hydrogen) atoms. The van der Waals surface area contributed by atoms with Crippen molar-refractivity contribution in [1.82, 2.24) is 4.90 Å². The van der Waals surface area contributed by atoms with Gasteiger partial charge in [0.05, 0.1) is 7.11 Å². The molecule has 6 nitrogen and oxygen atoms in total. The van der Waals surface area contributed by atoms with E-state index in [9.17, 15) is 20.0 Å². The first-order chi connectivity index (χ1) is 10.9. The van der Waals surface area contributed by atoms with Crippen LogP contribution in [0, 0.1) is 11.3 Å². The fourth-order valence-corrected chi connectivity index (χ4v) is 2.37. The van der Waals surface area contributed by atoms with Crippen molar-refractivity contribution in [3.05, 3.63) is 40.5 Å². The Labute approximate surface area is 133 Å². The van der Waals surface area contributed by atoms with Crippen LogP contribution in [0.4, 0.5) is 0 Å². The third-order valence-electron chi connectivity index (χ3n) is 3.66. The van der Waals surface area contributed by atoms with E-state index in [0.29, 0.717) is 11.1 Å². The number of carbonyl (C=O) groups is 2. The second-order valence-electron chi connectivity index (χ2n) is 4.96. The lowest BCUT2D eigenvalue weighted by Crippen LogP contribution is -2.42. The monoisotopic (exact) mass is 312 g/mol. The van der Waals surface area contributed by atoms with Crippen LogP contribution >= 0.6 is 0 Å². The van der Waals surface area contributed by atoms with Crippen molar-refractivity contribution in [2.45, 2.75) is 13.8 Å². The van der Waals surface area contributed by atoms with E-state index in [0.717, 1.165) is 4.90 Å². The number of imide groups is 1. The van der Waals surface area contributed by atoms with Crippen molar-refractivity contribution in [1.29, 1.82) is 5.26 Å². The molecular formula is C17H16N2O4. The summed E-state index contributed by atoms with van der Waals surface area (Å²) in [6.07, 6.45) is 1.58. The molecule has 1 aliphatic rings. The fraction of sp³-hybridized carbons (Fsp3) is 0.235. The Morgan fingerprint density at radius 3 is 2.61 bits per heavy atom. The number of amides is 2. The lowest BCUT2D eigenvalue weighted by molar-refractivity contribution is -0.140. The highest BCUT2D eigenvalue weighted by Gasteiger charge is 2.34. The number of methoxy groups -OCH3 is 1. The molecule has 0 aromatic heterocycles. The topological polar surface area (TPSA) is 90.6 Å². The van der Waals surface area contributed by atoms with Crippen molar-refractivity contribution in [2.75, 3.05) is 13.7 Å². The summed E-state index contributed by atoms with van der Waals surface area (Å²) in [5.41, 5.74) is 1.20. The van der Waals surface area contributed by atoms with Gasteiger partial charge in [0.2, 0.25) is 0 Å². The summed E-state index contributed by atoms with van der Waals surface area (Å²) >= 11 is 0. The molecule has 118 valence electrons. The molecule has 0 fully saturated rings. The standard InChI is InChI=1S/C17H16N2O4/c1-4-19-16(21)12(10(2)13(9-18)17(19)22)7-11-5-6-14(20)15(8-11)23-3/h5-8,20H,4H2,1-3H3. The van der Waals surface area contributed by atoms with E-state index in [-0.39, 0.29) is 29.2 Å². The first-order valence-corrected chi connectivity index (χ1v) is 7.00. The predicted molar refractivity (Wildman–Crippen MR) is 83.3 cm³/mol. The van der Waals surface area contributed by atoms with Gasteiger partial charge in [-0.05, 0) is 43.2 Å². The summed E-state index contributed by atoms with van der Waals surface area (Å²) in [5.74, 6) is -0.757. The minimum Gasteiger partial charge on any atom is -0.504 e. The van der Waals surface area contributed by atoms with E-state index in [1.165, 1.54) is 13.2 Å². The first kappa shape index (κ1) is 16.3. The summed E-state index contributed by atoms with van der Waals surface area (Å²) in [5, 5.41) is 18.8. The number of ether oxygens (including phenoxy) is 1. The molecule has 1 aromatic carbocycles. The maximum Gasteiger partial charge on any atom is 0.271 e. The Balaban J connectivity index is 2.60. The number of nitriles is 1. The van der Waals surface area contributed by atoms with Crippen LogP contribution in [0.3, 0.4) is 0 Å². The van der Waals surface area contributed by atoms with Gasteiger partial charge in [0, 0.05) is 12.1 Å². The molecule has 0 unspecified atom stereocenters. The molecule has 2 rings (SSSR count). The molecule has 0 radical (unpaired) electrons. The molecule has 1 aliphatic heterocycles. The number of benzene rings is 1. The summed E-state index contributed by atoms with van der Waals surface area (Å²) in [6.45, 7) is 3.43. The van der Waals surface area contributed by atoms with Gasteiger partial charge in [0.1, 0.15) is 11.6 Å². The van der Waals surface area contributed by atoms with Gasteiger partial charge in [-0.2, -0.15) is 5.26 Å². The molecule has 1 aromatic rings. The van der Waals surface area contributed by atoms with Crippen LogP contribution in [0.2, 0.25) is 0 Å². The average Bonchev–Trinajstić information content (AvgIpc) is 2.54. The number of carbonyl (C=O) groups excluding carboxylic acids is 2. The maximum atomic E-state index is 12.5. The summed E-state index contributed by atoms with van der Waals surface area (Å²) in [6, 6.07) is 6.50. The van der Waals surface area contributed by atoms with Gasteiger partial charge in [-0.15, -0.1) is 0 Å². The fourth-order valence-electron chi connectivity index (χ4n) is 2.37. The van der Waals surface area contributed by atoms with Crippen molar-refractivity contribution in [3.8, 4) is 17.6 Å². The molecule has 2 amide bonds. The average molecular weight is 312 g/mol. The molecule has 0 aliphatic carbocycles. The van der Waals surface area contributed by atoms with Crippen LogP contribution in [0.25, 0.3) is 6.08 Å². The van der Waals surface area contributed by atoms with Gasteiger partial charge in [0.25, 0.3) is 11.8 Å². The number of likely N-dealkylation sites (N-methyl/N-ethyl adjacent to an activating group) is 1. The molecule has 1 N–H and O–H groups in total. The Morgan fingerprint density at radius 1 is 1.35 bits per heavy atom. The Morgan fingerprint density at radius 2 is 2.04 bits per heavy atom. The Bertz CT molecular complexity index is 784. The summed E-state index contributed by atoms with van der Waals surface area (Å²) in [4.78, 5) is 25.6. The first-order valence-electron chi connectivity index (χ1n) is 7.00. The minimum absolute atomic E-state index is 0.0139. The van der Waals surface area contributed by atoms with Gasteiger partial charge >= 0.3 is 0 Å². The molecule has 0 saturated heterocycles. The predicted octanol–water partition coefficient (Wildman–Crippen LogP) is 2.01. The van der Waals surface area contributed by atoms with Crippen LogP contribution in [-0.4, -0.2) is 35.5 Å². The third kappa shape index (κ3) is 2.81. The minimum atomic E-state index is -0.571. The van der Waals surface area contributed by atoms with Gasteiger partial charge in [0.15, 0.2) is 11.5 Å². The van der Waals surface area contributed by atoms with Crippen molar-refractivity contribution in [2.24, 2.45) is 0 Å². The highest BCUT2D eigenvalue weighted by Crippen LogP contribution is 2.30. The zero-order valence-corrected chi connectivity index (χ0v) is 13.1. The number of hydrogen-bond acceptors (Lipinski definition) is 5. The van der Waals surface area contributed by atoms with E-state index in [4.69, 9.17) is 4.74 Å². The van der Waals surface area contributed by atoms with Gasteiger partial charge in [-0.1, -0.05) is 6.07 Å². The van der Waals surface area contributed by atoms with Gasteiger partial charge in [-0.3, -0.25) is 14.5 Å². The Kier molecular flexibility index (Phi) is 4.51. The number of nitrogens with zero attached hydrogens (tertiary/aromatic N) is 2. The number of aromatic hydroxyl groups is 1. The molecular weight excluding hydrogens is 296 g/mol.